The van der Waals surface area contributed by atoms with E-state index in [4.69, 9.17) is 0 Å². The molecule has 7 heteroatoms. The number of phenolic OH excluding ortho intramolecular Hbond substituents is 1. The minimum Gasteiger partial charge on any atom is -0.507 e. The quantitative estimate of drug-likeness (QED) is 0.683. The number of aromatic nitrogens is 2. The molecule has 0 fully saturated rings. The van der Waals surface area contributed by atoms with E-state index in [0.717, 1.165) is 18.4 Å². The number of aromatic hydroxyl groups is 1. The lowest BCUT2D eigenvalue weighted by Crippen LogP contribution is -2.28. The first-order chi connectivity index (χ1) is 12.1. The Morgan fingerprint density at radius 1 is 1.08 bits per heavy atom. The summed E-state index contributed by atoms with van der Waals surface area (Å²) in [6.45, 7) is 2.09. The first-order valence-corrected chi connectivity index (χ1v) is 7.93. The lowest BCUT2D eigenvalue weighted by Gasteiger charge is -2.18. The molecule has 0 radical (unpaired) electrons. The van der Waals surface area contributed by atoms with Crippen LogP contribution in [0.5, 0.6) is 5.75 Å². The van der Waals surface area contributed by atoms with Gasteiger partial charge >= 0.3 is 0 Å². The lowest BCUT2D eigenvalue weighted by molar-refractivity contribution is 0.471. The number of rotatable bonds is 3. The van der Waals surface area contributed by atoms with Crippen molar-refractivity contribution in [1.29, 1.82) is 0 Å². The molecule has 1 aliphatic heterocycles. The molecule has 2 aromatic carbocycles. The molecule has 0 saturated heterocycles. The van der Waals surface area contributed by atoms with Gasteiger partial charge in [-0.2, -0.15) is 0 Å². The SMILES string of the molecule is Oc1cc(F)ccc1-c1nc2n(c1Nc1ccc(F)cc1)CCNC2. The van der Waals surface area contributed by atoms with Crippen molar-refractivity contribution in [2.24, 2.45) is 0 Å². The fourth-order valence-corrected chi connectivity index (χ4v) is 2.96. The molecule has 128 valence electrons. The molecule has 0 atom stereocenters. The van der Waals surface area contributed by atoms with Crippen LogP contribution >= 0.6 is 0 Å². The summed E-state index contributed by atoms with van der Waals surface area (Å²) in [4.78, 5) is 4.61. The second-order valence-electron chi connectivity index (χ2n) is 5.85. The average molecular weight is 342 g/mol. The Morgan fingerprint density at radius 3 is 2.60 bits per heavy atom. The third-order valence-electron chi connectivity index (χ3n) is 4.16. The van der Waals surface area contributed by atoms with E-state index in [2.05, 4.69) is 15.6 Å². The number of hydrogen-bond acceptors (Lipinski definition) is 4. The average Bonchev–Trinajstić information content (AvgIpc) is 2.95. The molecular weight excluding hydrogens is 326 g/mol. The van der Waals surface area contributed by atoms with E-state index in [1.807, 2.05) is 4.57 Å². The Hall–Kier alpha value is -2.93. The molecule has 0 unspecified atom stereocenters. The lowest BCUT2D eigenvalue weighted by atomic mass is 10.1. The van der Waals surface area contributed by atoms with Crippen molar-refractivity contribution in [3.63, 3.8) is 0 Å². The molecule has 0 spiro atoms. The molecule has 5 nitrogen and oxygen atoms in total. The summed E-state index contributed by atoms with van der Waals surface area (Å²) in [6, 6.07) is 9.84. The summed E-state index contributed by atoms with van der Waals surface area (Å²) in [5.74, 6) is 0.492. The Morgan fingerprint density at radius 2 is 1.84 bits per heavy atom. The summed E-state index contributed by atoms with van der Waals surface area (Å²) in [5.41, 5.74) is 1.67. The third kappa shape index (κ3) is 2.94. The van der Waals surface area contributed by atoms with Crippen LogP contribution < -0.4 is 10.6 Å². The molecule has 0 saturated carbocycles. The molecule has 0 amide bonds. The number of phenols is 1. The van der Waals surface area contributed by atoms with Crippen molar-refractivity contribution in [3.05, 3.63) is 59.9 Å². The summed E-state index contributed by atoms with van der Waals surface area (Å²) < 4.78 is 28.5. The Kier molecular flexibility index (Phi) is 3.85. The first-order valence-electron chi connectivity index (χ1n) is 7.93. The molecular formula is C18H16F2N4O. The zero-order valence-electron chi connectivity index (χ0n) is 13.3. The fraction of sp³-hybridized carbons (Fsp3) is 0.167. The van der Waals surface area contributed by atoms with Crippen molar-refractivity contribution >= 4 is 11.5 Å². The molecule has 3 N–H and O–H groups in total. The largest absolute Gasteiger partial charge is 0.507 e. The van der Waals surface area contributed by atoms with Gasteiger partial charge in [0.15, 0.2) is 0 Å². The summed E-state index contributed by atoms with van der Waals surface area (Å²) in [6.07, 6.45) is 0. The molecule has 1 aromatic heterocycles. The van der Waals surface area contributed by atoms with Gasteiger partial charge in [0.1, 0.15) is 34.7 Å². The fourth-order valence-electron chi connectivity index (χ4n) is 2.96. The Balaban J connectivity index is 1.83. The second kappa shape index (κ2) is 6.18. The van der Waals surface area contributed by atoms with Crippen LogP contribution in [0.1, 0.15) is 5.82 Å². The molecule has 25 heavy (non-hydrogen) atoms. The molecule has 4 rings (SSSR count). The van der Waals surface area contributed by atoms with E-state index in [1.165, 1.54) is 24.3 Å². The summed E-state index contributed by atoms with van der Waals surface area (Å²) in [5, 5.41) is 16.6. The number of anilines is 2. The van der Waals surface area contributed by atoms with E-state index in [1.54, 1.807) is 12.1 Å². The van der Waals surface area contributed by atoms with Crippen LogP contribution in [-0.4, -0.2) is 21.2 Å². The number of imidazole rings is 1. The maximum absolute atomic E-state index is 13.3. The van der Waals surface area contributed by atoms with Crippen LogP contribution in [0, 0.1) is 11.6 Å². The van der Waals surface area contributed by atoms with Gasteiger partial charge < -0.3 is 20.3 Å². The van der Waals surface area contributed by atoms with Gasteiger partial charge in [0, 0.05) is 30.4 Å². The Bertz CT molecular complexity index is 922. The molecule has 3 aromatic rings. The second-order valence-corrected chi connectivity index (χ2v) is 5.85. The van der Waals surface area contributed by atoms with Crippen molar-refractivity contribution < 1.29 is 13.9 Å². The number of hydrogen-bond donors (Lipinski definition) is 3. The highest BCUT2D eigenvalue weighted by Gasteiger charge is 2.22. The predicted molar refractivity (Wildman–Crippen MR) is 90.7 cm³/mol. The van der Waals surface area contributed by atoms with E-state index in [0.29, 0.717) is 35.9 Å². The van der Waals surface area contributed by atoms with Crippen LogP contribution in [0.2, 0.25) is 0 Å². The van der Waals surface area contributed by atoms with Gasteiger partial charge in [-0.1, -0.05) is 0 Å². The highest BCUT2D eigenvalue weighted by Crippen LogP contribution is 2.37. The standard InChI is InChI=1S/C18H16F2N4O/c19-11-1-4-13(5-2-11)22-18-17(14-6-3-12(20)9-15(14)25)23-16-10-21-7-8-24(16)18/h1-6,9,21-22,25H,7-8,10H2. The van der Waals surface area contributed by atoms with Crippen molar-refractivity contribution in [2.45, 2.75) is 13.1 Å². The number of benzene rings is 2. The van der Waals surface area contributed by atoms with Crippen molar-refractivity contribution in [1.82, 2.24) is 14.9 Å². The number of nitrogens with one attached hydrogen (secondary N) is 2. The van der Waals surface area contributed by atoms with Gasteiger partial charge in [0.25, 0.3) is 0 Å². The van der Waals surface area contributed by atoms with Crippen LogP contribution in [0.15, 0.2) is 42.5 Å². The van der Waals surface area contributed by atoms with Gasteiger partial charge in [0.2, 0.25) is 0 Å². The Labute approximate surface area is 142 Å². The smallest absolute Gasteiger partial charge is 0.139 e. The first kappa shape index (κ1) is 15.6. The zero-order chi connectivity index (χ0) is 17.4. The molecule has 2 heterocycles. The third-order valence-corrected chi connectivity index (χ3v) is 4.16. The number of fused-ring (bicyclic) bond motifs is 1. The zero-order valence-corrected chi connectivity index (χ0v) is 13.3. The summed E-state index contributed by atoms with van der Waals surface area (Å²) >= 11 is 0. The minimum absolute atomic E-state index is 0.175. The van der Waals surface area contributed by atoms with Gasteiger partial charge in [-0.25, -0.2) is 13.8 Å². The van der Waals surface area contributed by atoms with Gasteiger partial charge in [-0.05, 0) is 36.4 Å². The van der Waals surface area contributed by atoms with E-state index >= 15 is 0 Å². The molecule has 0 bridgehead atoms. The van der Waals surface area contributed by atoms with Gasteiger partial charge in [-0.15, -0.1) is 0 Å². The maximum atomic E-state index is 13.3. The molecule has 0 aliphatic carbocycles. The normalized spacial score (nSPS) is 13.5. The van der Waals surface area contributed by atoms with E-state index < -0.39 is 5.82 Å². The summed E-state index contributed by atoms with van der Waals surface area (Å²) in [7, 11) is 0. The van der Waals surface area contributed by atoms with E-state index in [9.17, 15) is 13.9 Å². The highest BCUT2D eigenvalue weighted by molar-refractivity contribution is 5.80. The molecule has 1 aliphatic rings. The van der Waals surface area contributed by atoms with Crippen LogP contribution in [-0.2, 0) is 13.1 Å². The van der Waals surface area contributed by atoms with Gasteiger partial charge in [-0.3, -0.25) is 0 Å². The topological polar surface area (TPSA) is 62.1 Å². The van der Waals surface area contributed by atoms with E-state index in [-0.39, 0.29) is 11.6 Å². The van der Waals surface area contributed by atoms with Crippen LogP contribution in [0.3, 0.4) is 0 Å². The van der Waals surface area contributed by atoms with Gasteiger partial charge in [0.05, 0.1) is 6.54 Å². The van der Waals surface area contributed by atoms with Crippen molar-refractivity contribution in [2.75, 3.05) is 11.9 Å². The van der Waals surface area contributed by atoms with Crippen molar-refractivity contribution in [3.8, 4) is 17.0 Å². The van der Waals surface area contributed by atoms with Crippen LogP contribution in [0.4, 0.5) is 20.3 Å². The number of halogens is 2. The monoisotopic (exact) mass is 342 g/mol. The number of nitrogens with zero attached hydrogens (tertiary/aromatic N) is 2. The predicted octanol–water partition coefficient (Wildman–Crippen LogP) is 3.38. The van der Waals surface area contributed by atoms with Crippen LogP contribution in [0.25, 0.3) is 11.3 Å². The minimum atomic E-state index is -0.514. The highest BCUT2D eigenvalue weighted by atomic mass is 19.1. The maximum Gasteiger partial charge on any atom is 0.139 e.